The van der Waals surface area contributed by atoms with Crippen LogP contribution in [-0.2, 0) is 0 Å². The van der Waals surface area contributed by atoms with Crippen molar-refractivity contribution in [3.63, 3.8) is 0 Å². The summed E-state index contributed by atoms with van der Waals surface area (Å²) in [4.78, 5) is 16.5. The van der Waals surface area contributed by atoms with E-state index in [1.165, 1.54) is 12.1 Å². The van der Waals surface area contributed by atoms with E-state index in [9.17, 15) is 10.1 Å². The average molecular weight is 292 g/mol. The van der Waals surface area contributed by atoms with Crippen molar-refractivity contribution >= 4 is 28.8 Å². The predicted octanol–water partition coefficient (Wildman–Crippen LogP) is 4.11. The van der Waals surface area contributed by atoms with Crippen LogP contribution in [0.5, 0.6) is 0 Å². The van der Waals surface area contributed by atoms with Crippen molar-refractivity contribution in [2.75, 3.05) is 11.4 Å². The van der Waals surface area contributed by atoms with Gasteiger partial charge in [0.1, 0.15) is 11.0 Å². The molecule has 0 fully saturated rings. The lowest BCUT2D eigenvalue weighted by molar-refractivity contribution is -0.384. The molecule has 0 aliphatic rings. The molecule has 0 bridgehead atoms. The Balaban J connectivity index is 2.52. The second-order valence-electron chi connectivity index (χ2n) is 4.29. The van der Waals surface area contributed by atoms with Crippen molar-refractivity contribution in [1.29, 1.82) is 0 Å². The minimum absolute atomic E-state index is 0.0629. The van der Waals surface area contributed by atoms with Crippen LogP contribution in [0.1, 0.15) is 12.5 Å². The number of hydrogen-bond donors (Lipinski definition) is 0. The standard InChI is InChI=1S/C14H14ClN3O2/c1-3-17(12-7-5-4-6-10(12)2)14-9-11(18(19)20)8-13(15)16-14/h4-9H,3H2,1-2H3. The van der Waals surface area contributed by atoms with Crippen LogP contribution in [0.3, 0.4) is 0 Å². The third kappa shape index (κ3) is 2.88. The molecule has 1 aromatic carbocycles. The number of aryl methyl sites for hydroxylation is 1. The summed E-state index contributed by atoms with van der Waals surface area (Å²) in [5.74, 6) is 0.473. The molecule has 0 saturated heterocycles. The summed E-state index contributed by atoms with van der Waals surface area (Å²) < 4.78 is 0. The van der Waals surface area contributed by atoms with Crippen molar-refractivity contribution in [2.24, 2.45) is 0 Å². The lowest BCUT2D eigenvalue weighted by Gasteiger charge is -2.23. The first-order chi connectivity index (χ1) is 9.52. The maximum atomic E-state index is 10.9. The van der Waals surface area contributed by atoms with Gasteiger partial charge in [-0.2, -0.15) is 0 Å². The summed E-state index contributed by atoms with van der Waals surface area (Å²) in [7, 11) is 0. The molecule has 0 saturated carbocycles. The maximum absolute atomic E-state index is 10.9. The van der Waals surface area contributed by atoms with Gasteiger partial charge in [-0.05, 0) is 25.5 Å². The number of rotatable bonds is 4. The molecule has 1 aromatic heterocycles. The zero-order chi connectivity index (χ0) is 14.7. The first kappa shape index (κ1) is 14.3. The van der Waals surface area contributed by atoms with Crippen LogP contribution in [0.2, 0.25) is 5.15 Å². The molecule has 2 rings (SSSR count). The van der Waals surface area contributed by atoms with Gasteiger partial charge in [0.15, 0.2) is 0 Å². The molecule has 5 nitrogen and oxygen atoms in total. The Morgan fingerprint density at radius 3 is 2.65 bits per heavy atom. The van der Waals surface area contributed by atoms with E-state index >= 15 is 0 Å². The van der Waals surface area contributed by atoms with Gasteiger partial charge in [-0.15, -0.1) is 0 Å². The highest BCUT2D eigenvalue weighted by molar-refractivity contribution is 6.29. The maximum Gasteiger partial charge on any atom is 0.276 e. The molecule has 1 heterocycles. The fraction of sp³-hybridized carbons (Fsp3) is 0.214. The number of nitrogens with zero attached hydrogens (tertiary/aromatic N) is 3. The third-order valence-corrected chi connectivity index (χ3v) is 3.17. The normalized spacial score (nSPS) is 10.3. The first-order valence-corrected chi connectivity index (χ1v) is 6.56. The van der Waals surface area contributed by atoms with Gasteiger partial charge in [0.2, 0.25) is 0 Å². The van der Waals surface area contributed by atoms with Gasteiger partial charge in [-0.3, -0.25) is 10.1 Å². The van der Waals surface area contributed by atoms with Crippen LogP contribution >= 0.6 is 11.6 Å². The highest BCUT2D eigenvalue weighted by Gasteiger charge is 2.16. The van der Waals surface area contributed by atoms with Gasteiger partial charge in [-0.1, -0.05) is 29.8 Å². The number of hydrogen-bond acceptors (Lipinski definition) is 4. The van der Waals surface area contributed by atoms with Crippen molar-refractivity contribution in [3.05, 3.63) is 57.2 Å². The van der Waals surface area contributed by atoms with E-state index in [0.717, 1.165) is 11.3 Å². The van der Waals surface area contributed by atoms with E-state index in [1.807, 2.05) is 43.0 Å². The molecule has 0 atom stereocenters. The molecular formula is C14H14ClN3O2. The fourth-order valence-corrected chi connectivity index (χ4v) is 2.23. The second kappa shape index (κ2) is 5.88. The average Bonchev–Trinajstić information content (AvgIpc) is 2.41. The minimum Gasteiger partial charge on any atom is -0.326 e. The molecule has 0 N–H and O–H groups in total. The van der Waals surface area contributed by atoms with Crippen molar-refractivity contribution in [3.8, 4) is 0 Å². The molecular weight excluding hydrogens is 278 g/mol. The van der Waals surface area contributed by atoms with E-state index in [0.29, 0.717) is 12.4 Å². The first-order valence-electron chi connectivity index (χ1n) is 6.18. The summed E-state index contributed by atoms with van der Waals surface area (Å²) in [6.07, 6.45) is 0. The van der Waals surface area contributed by atoms with Gasteiger partial charge < -0.3 is 4.90 Å². The molecule has 0 spiro atoms. The highest BCUT2D eigenvalue weighted by atomic mass is 35.5. The van der Waals surface area contributed by atoms with Crippen molar-refractivity contribution < 1.29 is 4.92 Å². The van der Waals surface area contributed by atoms with E-state index in [1.54, 1.807) is 0 Å². The summed E-state index contributed by atoms with van der Waals surface area (Å²) in [5, 5.41) is 11.0. The van der Waals surface area contributed by atoms with Crippen LogP contribution in [0.25, 0.3) is 0 Å². The molecule has 0 unspecified atom stereocenters. The van der Waals surface area contributed by atoms with Crippen molar-refractivity contribution in [1.82, 2.24) is 4.98 Å². The SMILES string of the molecule is CCN(c1cc([N+](=O)[O-])cc(Cl)n1)c1ccccc1C. The zero-order valence-corrected chi connectivity index (χ0v) is 12.0. The molecule has 0 aliphatic heterocycles. The highest BCUT2D eigenvalue weighted by Crippen LogP contribution is 2.30. The van der Waals surface area contributed by atoms with E-state index < -0.39 is 4.92 Å². The number of benzene rings is 1. The van der Waals surface area contributed by atoms with Gasteiger partial charge >= 0.3 is 0 Å². The molecule has 20 heavy (non-hydrogen) atoms. The Labute approximate surface area is 122 Å². The van der Waals surface area contributed by atoms with Crippen LogP contribution in [-0.4, -0.2) is 16.5 Å². The van der Waals surface area contributed by atoms with Crippen LogP contribution in [0, 0.1) is 17.0 Å². The Morgan fingerprint density at radius 2 is 2.05 bits per heavy atom. The second-order valence-corrected chi connectivity index (χ2v) is 4.68. The summed E-state index contributed by atoms with van der Waals surface area (Å²) in [5.41, 5.74) is 1.96. The van der Waals surface area contributed by atoms with Gasteiger partial charge in [0.25, 0.3) is 5.69 Å². The number of nitro groups is 1. The van der Waals surface area contributed by atoms with E-state index in [2.05, 4.69) is 4.98 Å². The van der Waals surface area contributed by atoms with E-state index in [4.69, 9.17) is 11.6 Å². The molecule has 2 aromatic rings. The molecule has 0 aliphatic carbocycles. The molecule has 0 radical (unpaired) electrons. The van der Waals surface area contributed by atoms with Crippen molar-refractivity contribution in [2.45, 2.75) is 13.8 Å². The summed E-state index contributed by atoms with van der Waals surface area (Å²) in [6.45, 7) is 4.58. The van der Waals surface area contributed by atoms with E-state index in [-0.39, 0.29) is 10.8 Å². The number of anilines is 2. The molecule has 104 valence electrons. The van der Waals surface area contributed by atoms with Gasteiger partial charge in [0, 0.05) is 12.2 Å². The van der Waals surface area contributed by atoms with Gasteiger partial charge in [-0.25, -0.2) is 4.98 Å². The quantitative estimate of drug-likeness (QED) is 0.483. The lowest BCUT2D eigenvalue weighted by atomic mass is 10.2. The molecule has 6 heteroatoms. The minimum atomic E-state index is -0.469. The topological polar surface area (TPSA) is 59.3 Å². The smallest absolute Gasteiger partial charge is 0.276 e. The predicted molar refractivity (Wildman–Crippen MR) is 79.8 cm³/mol. The zero-order valence-electron chi connectivity index (χ0n) is 11.2. The van der Waals surface area contributed by atoms with Crippen LogP contribution in [0.4, 0.5) is 17.2 Å². The Morgan fingerprint density at radius 1 is 1.35 bits per heavy atom. The van der Waals surface area contributed by atoms with Crippen LogP contribution in [0.15, 0.2) is 36.4 Å². The summed E-state index contributed by atoms with van der Waals surface area (Å²) >= 11 is 5.88. The van der Waals surface area contributed by atoms with Gasteiger partial charge in [0.05, 0.1) is 17.1 Å². The Bertz CT molecular complexity index is 646. The summed E-state index contributed by atoms with van der Waals surface area (Å²) in [6, 6.07) is 10.5. The Hall–Kier alpha value is -2.14. The molecule has 0 amide bonds. The number of para-hydroxylation sites is 1. The number of aromatic nitrogens is 1. The third-order valence-electron chi connectivity index (χ3n) is 2.98. The fourth-order valence-electron chi connectivity index (χ4n) is 2.04. The van der Waals surface area contributed by atoms with Crippen LogP contribution < -0.4 is 4.90 Å². The lowest BCUT2D eigenvalue weighted by Crippen LogP contribution is -2.18. The number of pyridine rings is 1. The largest absolute Gasteiger partial charge is 0.326 e. The monoisotopic (exact) mass is 291 g/mol. The Kier molecular flexibility index (Phi) is 4.20. The number of halogens is 1.